The molecule has 0 aliphatic carbocycles. The van der Waals surface area contributed by atoms with Crippen molar-refractivity contribution in [2.45, 2.75) is 10.9 Å². The zero-order valence-corrected chi connectivity index (χ0v) is 19.4. The first kappa shape index (κ1) is 24.2. The lowest BCUT2D eigenvalue weighted by molar-refractivity contribution is 0.0942. The number of benzene rings is 3. The maximum Gasteiger partial charge on any atom is 0.261 e. The second kappa shape index (κ2) is 10.5. The van der Waals surface area contributed by atoms with Crippen LogP contribution in [0.3, 0.4) is 0 Å². The number of amides is 1. The van der Waals surface area contributed by atoms with Crippen molar-refractivity contribution >= 4 is 21.6 Å². The van der Waals surface area contributed by atoms with E-state index in [0.717, 1.165) is 23.4 Å². The van der Waals surface area contributed by atoms with Gasteiger partial charge in [0.25, 0.3) is 15.9 Å². The average molecular weight is 472 g/mol. The fraction of sp³-hybridized carbons (Fsp3) is 0.208. The lowest BCUT2D eigenvalue weighted by atomic mass is 10.1. The first-order chi connectivity index (χ1) is 15.7. The normalized spacial score (nSPS) is 12.3. The molecule has 0 aliphatic rings. The van der Waals surface area contributed by atoms with Gasteiger partial charge < -0.3 is 15.0 Å². The molecule has 0 saturated heterocycles. The molecule has 3 rings (SSSR count). The molecule has 1 unspecified atom stereocenters. The smallest absolute Gasteiger partial charge is 0.261 e. The van der Waals surface area contributed by atoms with Gasteiger partial charge in [-0.1, -0.05) is 12.1 Å². The van der Waals surface area contributed by atoms with Crippen LogP contribution in [0.2, 0.25) is 0 Å². The number of likely N-dealkylation sites (N-methyl/N-ethyl adjacent to an activating group) is 1. The standard InChI is InChI=1S/C24H26FN3O4S/c1-28(2)23(18-5-4-6-21(15-18)32-3)16-26-24(29)17-7-11-20(12-8-17)27-33(30,31)22-13-9-19(25)10-14-22/h4-15,23,27H,16H2,1-3H3,(H,26,29). The highest BCUT2D eigenvalue weighted by molar-refractivity contribution is 7.92. The minimum atomic E-state index is -3.86. The van der Waals surface area contributed by atoms with Gasteiger partial charge in [-0.05, 0) is 80.3 Å². The first-order valence-electron chi connectivity index (χ1n) is 10.2. The molecule has 3 aromatic rings. The quantitative estimate of drug-likeness (QED) is 0.497. The minimum Gasteiger partial charge on any atom is -0.497 e. The average Bonchev–Trinajstić information content (AvgIpc) is 2.79. The van der Waals surface area contributed by atoms with Crippen LogP contribution in [0.25, 0.3) is 0 Å². The number of carbonyl (C=O) groups is 1. The highest BCUT2D eigenvalue weighted by atomic mass is 32.2. The Balaban J connectivity index is 1.65. The number of hydrogen-bond donors (Lipinski definition) is 2. The Hall–Kier alpha value is -3.43. The van der Waals surface area contributed by atoms with E-state index in [-0.39, 0.29) is 16.8 Å². The van der Waals surface area contributed by atoms with E-state index in [9.17, 15) is 17.6 Å². The van der Waals surface area contributed by atoms with E-state index in [1.54, 1.807) is 7.11 Å². The third kappa shape index (κ3) is 6.30. The van der Waals surface area contributed by atoms with Crippen molar-refractivity contribution in [3.8, 4) is 5.75 Å². The molecule has 3 aromatic carbocycles. The Bertz CT molecular complexity index is 1200. The third-order valence-electron chi connectivity index (χ3n) is 5.08. The van der Waals surface area contributed by atoms with Crippen LogP contribution < -0.4 is 14.8 Å². The summed E-state index contributed by atoms with van der Waals surface area (Å²) in [7, 11) is 1.60. The Morgan fingerprint density at radius 2 is 1.70 bits per heavy atom. The Morgan fingerprint density at radius 1 is 1.03 bits per heavy atom. The van der Waals surface area contributed by atoms with Crippen molar-refractivity contribution in [3.05, 3.63) is 89.7 Å². The molecule has 0 radical (unpaired) electrons. The summed E-state index contributed by atoms with van der Waals surface area (Å²) < 4.78 is 45.6. The van der Waals surface area contributed by atoms with Gasteiger partial charge in [-0.15, -0.1) is 0 Å². The van der Waals surface area contributed by atoms with Crippen LogP contribution in [0.15, 0.2) is 77.7 Å². The van der Waals surface area contributed by atoms with Gasteiger partial charge in [0.2, 0.25) is 0 Å². The molecule has 33 heavy (non-hydrogen) atoms. The highest BCUT2D eigenvalue weighted by Crippen LogP contribution is 2.22. The van der Waals surface area contributed by atoms with Crippen LogP contribution in [0, 0.1) is 5.82 Å². The van der Waals surface area contributed by atoms with Crippen molar-refractivity contribution in [1.29, 1.82) is 0 Å². The second-order valence-electron chi connectivity index (χ2n) is 7.60. The zero-order chi connectivity index (χ0) is 24.0. The van der Waals surface area contributed by atoms with Crippen molar-refractivity contribution < 1.29 is 22.3 Å². The number of nitrogens with zero attached hydrogens (tertiary/aromatic N) is 1. The van der Waals surface area contributed by atoms with Gasteiger partial charge in [0, 0.05) is 17.8 Å². The SMILES string of the molecule is COc1cccc(C(CNC(=O)c2ccc(NS(=O)(=O)c3ccc(F)cc3)cc2)N(C)C)c1. The lowest BCUT2D eigenvalue weighted by Gasteiger charge is -2.25. The summed E-state index contributed by atoms with van der Waals surface area (Å²) in [5.74, 6) is -0.0609. The molecule has 0 heterocycles. The molecule has 0 bridgehead atoms. The van der Waals surface area contributed by atoms with Gasteiger partial charge in [0.15, 0.2) is 0 Å². The fourth-order valence-electron chi connectivity index (χ4n) is 3.26. The van der Waals surface area contributed by atoms with E-state index in [4.69, 9.17) is 4.74 Å². The van der Waals surface area contributed by atoms with Gasteiger partial charge in [-0.2, -0.15) is 0 Å². The number of nitrogens with one attached hydrogen (secondary N) is 2. The Kier molecular flexibility index (Phi) is 7.67. The molecule has 0 aromatic heterocycles. The van der Waals surface area contributed by atoms with E-state index >= 15 is 0 Å². The summed E-state index contributed by atoms with van der Waals surface area (Å²) >= 11 is 0. The van der Waals surface area contributed by atoms with Gasteiger partial charge in [-0.3, -0.25) is 9.52 Å². The molecule has 0 aliphatic heterocycles. The molecule has 2 N–H and O–H groups in total. The number of anilines is 1. The van der Waals surface area contributed by atoms with E-state index in [1.807, 2.05) is 43.3 Å². The summed E-state index contributed by atoms with van der Waals surface area (Å²) in [6, 6.07) is 18.2. The topological polar surface area (TPSA) is 87.7 Å². The molecular formula is C24H26FN3O4S. The molecule has 1 atom stereocenters. The van der Waals surface area contributed by atoms with Crippen molar-refractivity contribution in [2.75, 3.05) is 32.5 Å². The molecule has 174 valence electrons. The van der Waals surface area contributed by atoms with Crippen LogP contribution in [-0.4, -0.2) is 47.0 Å². The van der Waals surface area contributed by atoms with Crippen molar-refractivity contribution in [3.63, 3.8) is 0 Å². The van der Waals surface area contributed by atoms with Gasteiger partial charge >= 0.3 is 0 Å². The summed E-state index contributed by atoms with van der Waals surface area (Å²) in [5, 5.41) is 2.92. The maximum atomic E-state index is 13.0. The van der Waals surface area contributed by atoms with Gasteiger partial charge in [-0.25, -0.2) is 12.8 Å². The van der Waals surface area contributed by atoms with Crippen molar-refractivity contribution in [1.82, 2.24) is 10.2 Å². The van der Waals surface area contributed by atoms with Crippen LogP contribution in [0.4, 0.5) is 10.1 Å². The number of ether oxygens (including phenoxy) is 1. The summed E-state index contributed by atoms with van der Waals surface area (Å²) in [5.41, 5.74) is 1.69. The first-order valence-corrected chi connectivity index (χ1v) is 11.6. The number of halogens is 1. The van der Waals surface area contributed by atoms with E-state index in [2.05, 4.69) is 10.0 Å². The number of hydrogen-bond acceptors (Lipinski definition) is 5. The Labute approximate surface area is 193 Å². The van der Waals surface area contributed by atoms with Crippen LogP contribution in [0.5, 0.6) is 5.75 Å². The molecule has 9 heteroatoms. The molecule has 1 amide bonds. The Morgan fingerprint density at radius 3 is 2.30 bits per heavy atom. The predicted molar refractivity (Wildman–Crippen MR) is 125 cm³/mol. The predicted octanol–water partition coefficient (Wildman–Crippen LogP) is 3.67. The van der Waals surface area contributed by atoms with Gasteiger partial charge in [0.1, 0.15) is 11.6 Å². The summed E-state index contributed by atoms with van der Waals surface area (Å²) in [6.07, 6.45) is 0. The van der Waals surface area contributed by atoms with E-state index in [1.165, 1.54) is 36.4 Å². The van der Waals surface area contributed by atoms with E-state index in [0.29, 0.717) is 17.8 Å². The molecule has 0 saturated carbocycles. The molecule has 0 fully saturated rings. The van der Waals surface area contributed by atoms with Gasteiger partial charge in [0.05, 0.1) is 18.0 Å². The number of methoxy groups -OCH3 is 1. The van der Waals surface area contributed by atoms with E-state index < -0.39 is 15.8 Å². The van der Waals surface area contributed by atoms with Crippen LogP contribution in [-0.2, 0) is 10.0 Å². The highest BCUT2D eigenvalue weighted by Gasteiger charge is 2.18. The van der Waals surface area contributed by atoms with Crippen LogP contribution in [0.1, 0.15) is 22.0 Å². The molecular weight excluding hydrogens is 445 g/mol. The number of carbonyl (C=O) groups excluding carboxylic acids is 1. The molecule has 0 spiro atoms. The fourth-order valence-corrected chi connectivity index (χ4v) is 4.31. The summed E-state index contributed by atoms with van der Waals surface area (Å²) in [4.78, 5) is 14.6. The van der Waals surface area contributed by atoms with Crippen molar-refractivity contribution in [2.24, 2.45) is 0 Å². The zero-order valence-electron chi connectivity index (χ0n) is 18.6. The number of rotatable bonds is 9. The number of sulfonamides is 1. The monoisotopic (exact) mass is 471 g/mol. The lowest BCUT2D eigenvalue weighted by Crippen LogP contribution is -2.34. The third-order valence-corrected chi connectivity index (χ3v) is 6.48. The largest absolute Gasteiger partial charge is 0.497 e. The minimum absolute atomic E-state index is 0.0574. The van der Waals surface area contributed by atoms with Crippen LogP contribution >= 0.6 is 0 Å². The summed E-state index contributed by atoms with van der Waals surface area (Å²) in [6.45, 7) is 0.373. The second-order valence-corrected chi connectivity index (χ2v) is 9.29. The maximum absolute atomic E-state index is 13.0. The molecule has 7 nitrogen and oxygen atoms in total.